The Bertz CT molecular complexity index is 1310. The fourth-order valence-electron chi connectivity index (χ4n) is 4.14. The predicted octanol–water partition coefficient (Wildman–Crippen LogP) is 6.40. The van der Waals surface area contributed by atoms with Crippen LogP contribution in [-0.4, -0.2) is 22.4 Å². The van der Waals surface area contributed by atoms with E-state index in [0.717, 1.165) is 52.4 Å². The van der Waals surface area contributed by atoms with Crippen molar-refractivity contribution in [3.05, 3.63) is 111 Å². The third kappa shape index (κ3) is 4.50. The second-order valence-electron chi connectivity index (χ2n) is 8.11. The molecule has 33 heavy (non-hydrogen) atoms. The molecule has 0 fully saturated rings. The minimum atomic E-state index is -0.00428. The lowest BCUT2D eigenvalue weighted by molar-refractivity contribution is 0.105. The Labute approximate surface area is 197 Å². The van der Waals surface area contributed by atoms with Crippen LogP contribution in [0.2, 0.25) is 0 Å². The van der Waals surface area contributed by atoms with E-state index in [-0.39, 0.29) is 5.78 Å². The first-order valence-corrected chi connectivity index (χ1v) is 12.0. The number of unbranched alkanes of at least 4 members (excludes halogenated alkanes) is 1. The molecule has 0 saturated carbocycles. The molecule has 0 unspecified atom stereocenters. The second-order valence-corrected chi connectivity index (χ2v) is 8.97. The fraction of sp³-hybridized carbons (Fsp3) is 0.179. The molecule has 1 aliphatic rings. The molecular formula is C28H24N2O2S. The first-order chi connectivity index (χ1) is 16.2. The smallest absolute Gasteiger partial charge is 0.195 e. The van der Waals surface area contributed by atoms with E-state index in [4.69, 9.17) is 4.74 Å². The minimum absolute atomic E-state index is 0.00428. The van der Waals surface area contributed by atoms with Gasteiger partial charge in [-0.05, 0) is 61.6 Å². The summed E-state index contributed by atoms with van der Waals surface area (Å²) in [6.45, 7) is 2.60. The molecule has 0 atom stereocenters. The van der Waals surface area contributed by atoms with Crippen molar-refractivity contribution in [2.45, 2.75) is 26.2 Å². The van der Waals surface area contributed by atoms with Crippen LogP contribution in [0.1, 0.15) is 50.6 Å². The Hall–Kier alpha value is -3.57. The Morgan fingerprint density at radius 3 is 2.58 bits per heavy atom. The average Bonchev–Trinajstić information content (AvgIpc) is 3.40. The van der Waals surface area contributed by atoms with Crippen LogP contribution in [0, 0.1) is 6.92 Å². The molecule has 5 rings (SSSR count). The number of pyridine rings is 1. The van der Waals surface area contributed by atoms with E-state index < -0.39 is 0 Å². The molecule has 1 aliphatic carbocycles. The second kappa shape index (κ2) is 9.51. The average molecular weight is 453 g/mol. The maximum absolute atomic E-state index is 13.5. The number of aromatic nitrogens is 2. The number of nitrogens with zero attached hydrogens (tertiary/aromatic N) is 2. The number of thiazole rings is 1. The summed E-state index contributed by atoms with van der Waals surface area (Å²) in [7, 11) is 0. The molecule has 0 amide bonds. The van der Waals surface area contributed by atoms with Crippen molar-refractivity contribution in [1.29, 1.82) is 0 Å². The molecule has 0 bridgehead atoms. The third-order valence-electron chi connectivity index (χ3n) is 5.74. The van der Waals surface area contributed by atoms with Gasteiger partial charge in [0.2, 0.25) is 0 Å². The lowest BCUT2D eigenvalue weighted by atomic mass is 10.0. The van der Waals surface area contributed by atoms with E-state index in [1.165, 1.54) is 5.56 Å². The first kappa shape index (κ1) is 21.3. The lowest BCUT2D eigenvalue weighted by Crippen LogP contribution is -2.02. The van der Waals surface area contributed by atoms with E-state index in [1.54, 1.807) is 23.7 Å². The number of carbonyl (C=O) groups excluding carboxylic acids is 1. The Kier molecular flexibility index (Phi) is 6.13. The number of carbonyl (C=O) groups is 1. The highest BCUT2D eigenvalue weighted by Crippen LogP contribution is 2.43. The van der Waals surface area contributed by atoms with Crippen molar-refractivity contribution >= 4 is 28.3 Å². The third-order valence-corrected chi connectivity index (χ3v) is 6.71. The van der Waals surface area contributed by atoms with Crippen molar-refractivity contribution in [2.75, 3.05) is 6.61 Å². The highest BCUT2D eigenvalue weighted by atomic mass is 32.1. The number of benzene rings is 2. The molecule has 164 valence electrons. The summed E-state index contributed by atoms with van der Waals surface area (Å²) < 4.78 is 6.01. The molecule has 2 aromatic carbocycles. The van der Waals surface area contributed by atoms with Crippen LogP contribution in [0.5, 0.6) is 5.75 Å². The molecule has 2 heterocycles. The predicted molar refractivity (Wildman–Crippen MR) is 133 cm³/mol. The van der Waals surface area contributed by atoms with Crippen LogP contribution < -0.4 is 4.74 Å². The summed E-state index contributed by atoms with van der Waals surface area (Å²) in [5.74, 6) is 0.722. The summed E-state index contributed by atoms with van der Waals surface area (Å²) in [6, 6.07) is 20.1. The zero-order valence-corrected chi connectivity index (χ0v) is 19.3. The summed E-state index contributed by atoms with van der Waals surface area (Å²) in [5, 5.41) is 2.87. The maximum Gasteiger partial charge on any atom is 0.195 e. The minimum Gasteiger partial charge on any atom is -0.494 e. The van der Waals surface area contributed by atoms with Gasteiger partial charge in [0.25, 0.3) is 0 Å². The van der Waals surface area contributed by atoms with E-state index >= 15 is 0 Å². The van der Waals surface area contributed by atoms with Gasteiger partial charge < -0.3 is 4.74 Å². The van der Waals surface area contributed by atoms with E-state index in [0.29, 0.717) is 17.7 Å². The summed E-state index contributed by atoms with van der Waals surface area (Å²) in [6.07, 6.45) is 6.52. The molecule has 0 N–H and O–H groups in total. The van der Waals surface area contributed by atoms with Crippen LogP contribution in [0.25, 0.3) is 11.1 Å². The Balaban J connectivity index is 1.35. The molecule has 0 saturated heterocycles. The molecule has 4 aromatic rings. The number of fused-ring (bicyclic) bond motifs is 1. The number of rotatable bonds is 8. The zero-order chi connectivity index (χ0) is 22.6. The summed E-state index contributed by atoms with van der Waals surface area (Å²) in [4.78, 5) is 22.4. The normalized spacial score (nSPS) is 12.8. The quantitative estimate of drug-likeness (QED) is 0.290. The van der Waals surface area contributed by atoms with Gasteiger partial charge in [-0.1, -0.05) is 36.4 Å². The molecule has 0 radical (unpaired) electrons. The van der Waals surface area contributed by atoms with Gasteiger partial charge in [0, 0.05) is 45.7 Å². The SMILES string of the molecule is Cc1csc(C2=C(c3cccnc3)C(=O)c3cc(OCCCCc4ccccc4)ccc32)n1. The van der Waals surface area contributed by atoms with Crippen molar-refractivity contribution < 1.29 is 9.53 Å². The summed E-state index contributed by atoms with van der Waals surface area (Å²) >= 11 is 1.56. The topological polar surface area (TPSA) is 52.1 Å². The van der Waals surface area contributed by atoms with Crippen LogP contribution in [0.3, 0.4) is 0 Å². The summed E-state index contributed by atoms with van der Waals surface area (Å²) in [5.41, 5.74) is 6.22. The van der Waals surface area contributed by atoms with Gasteiger partial charge in [-0.2, -0.15) is 0 Å². The number of ether oxygens (including phenoxy) is 1. The lowest BCUT2D eigenvalue weighted by Gasteiger charge is -2.09. The van der Waals surface area contributed by atoms with E-state index in [1.807, 2.05) is 48.7 Å². The number of allylic oxidation sites excluding steroid dienone is 1. The van der Waals surface area contributed by atoms with Gasteiger partial charge in [-0.3, -0.25) is 9.78 Å². The van der Waals surface area contributed by atoms with Gasteiger partial charge >= 0.3 is 0 Å². The first-order valence-electron chi connectivity index (χ1n) is 11.1. The van der Waals surface area contributed by atoms with Crippen molar-refractivity contribution in [1.82, 2.24) is 9.97 Å². The molecular weight excluding hydrogens is 428 g/mol. The van der Waals surface area contributed by atoms with Crippen LogP contribution in [0.4, 0.5) is 0 Å². The Morgan fingerprint density at radius 2 is 1.82 bits per heavy atom. The van der Waals surface area contributed by atoms with Gasteiger partial charge in [0.1, 0.15) is 10.8 Å². The van der Waals surface area contributed by atoms with Gasteiger partial charge in [0.15, 0.2) is 5.78 Å². The maximum atomic E-state index is 13.5. The number of aryl methyl sites for hydroxylation is 2. The highest BCUT2D eigenvalue weighted by Gasteiger charge is 2.33. The van der Waals surface area contributed by atoms with Crippen molar-refractivity contribution in [3.63, 3.8) is 0 Å². The monoisotopic (exact) mass is 452 g/mol. The molecule has 0 aliphatic heterocycles. The fourth-order valence-corrected chi connectivity index (χ4v) is 5.01. The van der Waals surface area contributed by atoms with Crippen LogP contribution in [-0.2, 0) is 6.42 Å². The number of hydrogen-bond donors (Lipinski definition) is 0. The molecule has 0 spiro atoms. The number of Topliss-reactive ketones (excluding diaryl/α,β-unsaturated/α-hetero) is 1. The molecule has 4 nitrogen and oxygen atoms in total. The van der Waals surface area contributed by atoms with Gasteiger partial charge in [-0.15, -0.1) is 11.3 Å². The number of hydrogen-bond acceptors (Lipinski definition) is 5. The van der Waals surface area contributed by atoms with Crippen LogP contribution >= 0.6 is 11.3 Å². The van der Waals surface area contributed by atoms with Crippen molar-refractivity contribution in [2.24, 2.45) is 0 Å². The molecule has 5 heteroatoms. The number of ketones is 1. The Morgan fingerprint density at radius 1 is 0.939 bits per heavy atom. The molecule has 2 aromatic heterocycles. The van der Waals surface area contributed by atoms with Gasteiger partial charge in [-0.25, -0.2) is 4.98 Å². The van der Waals surface area contributed by atoms with Crippen molar-refractivity contribution in [3.8, 4) is 5.75 Å². The van der Waals surface area contributed by atoms with Crippen LogP contribution in [0.15, 0.2) is 78.4 Å². The zero-order valence-electron chi connectivity index (χ0n) is 18.5. The largest absolute Gasteiger partial charge is 0.494 e. The highest BCUT2D eigenvalue weighted by molar-refractivity contribution is 7.11. The van der Waals surface area contributed by atoms with E-state index in [2.05, 4.69) is 34.2 Å². The standard InChI is InChI=1S/C28H24N2O2S/c1-19-18-33-28(30-19)26-23-13-12-22(32-15-6-5-10-20-8-3-2-4-9-20)16-24(23)27(31)25(26)21-11-7-14-29-17-21/h2-4,7-9,11-14,16-18H,5-6,10,15H2,1H3. The van der Waals surface area contributed by atoms with E-state index in [9.17, 15) is 4.79 Å². The van der Waals surface area contributed by atoms with Gasteiger partial charge in [0.05, 0.1) is 6.61 Å².